The number of carbonyl (C=O) groups excluding carboxylic acids is 2. The predicted molar refractivity (Wildman–Crippen MR) is 215 cm³/mol. The minimum absolute atomic E-state index is 0.0188. The van der Waals surface area contributed by atoms with E-state index in [4.69, 9.17) is 17.4 Å². The molecule has 1 fully saturated rings. The summed E-state index contributed by atoms with van der Waals surface area (Å²) in [4.78, 5) is 27.5. The molecule has 4 N–H and O–H groups in total. The van der Waals surface area contributed by atoms with E-state index in [1.165, 1.54) is 19.3 Å². The van der Waals surface area contributed by atoms with Gasteiger partial charge in [0.05, 0.1) is 24.1 Å². The average Bonchev–Trinajstić information content (AvgIpc) is 3.03. The van der Waals surface area contributed by atoms with E-state index in [0.717, 1.165) is 89.4 Å². The number of piperidine rings is 1. The normalized spacial score (nSPS) is 15.3. The van der Waals surface area contributed by atoms with Crippen LogP contribution in [-0.2, 0) is 26.0 Å². The van der Waals surface area contributed by atoms with Crippen LogP contribution >= 0.6 is 25.3 Å². The fourth-order valence-corrected chi connectivity index (χ4v) is 7.79. The third kappa shape index (κ3) is 21.2. The molecule has 0 spiro atoms. The third-order valence-corrected chi connectivity index (χ3v) is 10.4. The molecule has 50 heavy (non-hydrogen) atoms. The van der Waals surface area contributed by atoms with Crippen molar-refractivity contribution in [2.75, 3.05) is 63.5 Å². The standard InChI is InChI=1S/C37H67N5O5S3/c1-6-7-24-50(45,46)41-32(27-43)25-31-14-15-34(47-23-11-9-12-30-16-18-38-19-17-30)33(26-31)40-35(44)13-8-10-21-42(29-37(4,5)49)22-20-39-28-36(2,3)48/h14-15,26-27,30,32,38-39,41,48-49H,6-13,16-25,28-29H2,1-5H3,(H,40,44). The van der Waals surface area contributed by atoms with Crippen LogP contribution in [-0.4, -0.2) is 99.2 Å². The number of carbonyl (C=O) groups is 2. The maximum Gasteiger partial charge on any atom is 0.224 e. The number of ether oxygens (including phenoxy) is 1. The number of nitrogens with one attached hydrogen (secondary N) is 4. The molecule has 1 heterocycles. The molecule has 0 bridgehead atoms. The predicted octanol–water partition coefficient (Wildman–Crippen LogP) is 5.48. The van der Waals surface area contributed by atoms with Crippen LogP contribution in [0.4, 0.5) is 5.69 Å². The summed E-state index contributed by atoms with van der Waals surface area (Å²) < 4.78 is 33.4. The van der Waals surface area contributed by atoms with E-state index in [1.54, 1.807) is 6.07 Å². The van der Waals surface area contributed by atoms with Gasteiger partial charge < -0.3 is 30.4 Å². The summed E-state index contributed by atoms with van der Waals surface area (Å²) in [6.45, 7) is 17.3. The molecule has 1 aliphatic heterocycles. The molecule has 2 rings (SSSR count). The summed E-state index contributed by atoms with van der Waals surface area (Å²) in [5, 5.41) is 9.95. The molecule has 1 saturated heterocycles. The maximum absolute atomic E-state index is 13.2. The highest BCUT2D eigenvalue weighted by atomic mass is 32.2. The van der Waals surface area contributed by atoms with E-state index in [1.807, 2.05) is 19.1 Å². The van der Waals surface area contributed by atoms with E-state index in [9.17, 15) is 18.0 Å². The molecule has 0 aromatic heterocycles. The van der Waals surface area contributed by atoms with Gasteiger partial charge in [-0.2, -0.15) is 25.3 Å². The Labute approximate surface area is 314 Å². The Morgan fingerprint density at radius 1 is 1.06 bits per heavy atom. The van der Waals surface area contributed by atoms with Crippen LogP contribution in [0.2, 0.25) is 0 Å². The summed E-state index contributed by atoms with van der Waals surface area (Å²) >= 11 is 9.35. The molecule has 1 aliphatic rings. The SMILES string of the molecule is CCCCS(=O)(=O)NC(C=O)Cc1ccc(OCCCCC2CCNCC2)c(NC(=O)CCCCN(CCNCC(C)(C)S)CC(C)(C)S)c1. The molecular formula is C37H67N5O5S3. The number of sulfonamides is 1. The van der Waals surface area contributed by atoms with Gasteiger partial charge in [0.2, 0.25) is 15.9 Å². The monoisotopic (exact) mass is 757 g/mol. The van der Waals surface area contributed by atoms with E-state index in [-0.39, 0.29) is 27.6 Å². The Balaban J connectivity index is 2.00. The van der Waals surface area contributed by atoms with Crippen molar-refractivity contribution in [3.8, 4) is 5.75 Å². The quantitative estimate of drug-likeness (QED) is 0.0396. The zero-order chi connectivity index (χ0) is 37.0. The van der Waals surface area contributed by atoms with Crippen LogP contribution in [0.5, 0.6) is 5.75 Å². The molecular weight excluding hydrogens is 691 g/mol. The number of aldehydes is 1. The molecule has 0 saturated carbocycles. The van der Waals surface area contributed by atoms with Gasteiger partial charge in [0, 0.05) is 42.1 Å². The van der Waals surface area contributed by atoms with Crippen LogP contribution in [0, 0.1) is 5.92 Å². The number of thiol groups is 2. The molecule has 1 amide bonds. The van der Waals surface area contributed by atoms with E-state index >= 15 is 0 Å². The number of unbranched alkanes of at least 4 members (excludes halogenated alkanes) is 3. The fraction of sp³-hybridized carbons (Fsp3) is 0.784. The third-order valence-electron chi connectivity index (χ3n) is 8.66. The van der Waals surface area contributed by atoms with Crippen molar-refractivity contribution in [2.45, 2.75) is 121 Å². The van der Waals surface area contributed by atoms with Crippen LogP contribution in [0.3, 0.4) is 0 Å². The smallest absolute Gasteiger partial charge is 0.224 e. The number of hydrogen-bond acceptors (Lipinski definition) is 10. The fourth-order valence-electron chi connectivity index (χ4n) is 6.09. The lowest BCUT2D eigenvalue weighted by Gasteiger charge is -2.30. The van der Waals surface area contributed by atoms with Gasteiger partial charge in [-0.1, -0.05) is 25.8 Å². The highest BCUT2D eigenvalue weighted by Gasteiger charge is 2.20. The van der Waals surface area contributed by atoms with Crippen LogP contribution in [0.1, 0.15) is 104 Å². The largest absolute Gasteiger partial charge is 0.491 e. The van der Waals surface area contributed by atoms with Gasteiger partial charge in [0.25, 0.3) is 0 Å². The van der Waals surface area contributed by atoms with Crippen molar-refractivity contribution >= 4 is 53.2 Å². The molecule has 1 unspecified atom stereocenters. The molecule has 1 aromatic rings. The number of nitrogens with zero attached hydrogens (tertiary/aromatic N) is 1. The highest BCUT2D eigenvalue weighted by Crippen LogP contribution is 2.28. The highest BCUT2D eigenvalue weighted by molar-refractivity contribution is 7.89. The first kappa shape index (κ1) is 44.8. The second-order valence-electron chi connectivity index (χ2n) is 15.2. The van der Waals surface area contributed by atoms with Crippen molar-refractivity contribution in [3.63, 3.8) is 0 Å². The van der Waals surface area contributed by atoms with Crippen molar-refractivity contribution in [1.29, 1.82) is 0 Å². The maximum atomic E-state index is 13.2. The van der Waals surface area contributed by atoms with Crippen LogP contribution in [0.15, 0.2) is 18.2 Å². The van der Waals surface area contributed by atoms with Gasteiger partial charge in [-0.3, -0.25) is 4.79 Å². The lowest BCUT2D eigenvalue weighted by molar-refractivity contribution is -0.116. The zero-order valence-electron chi connectivity index (χ0n) is 31.4. The Morgan fingerprint density at radius 2 is 1.80 bits per heavy atom. The number of benzene rings is 1. The van der Waals surface area contributed by atoms with E-state index in [0.29, 0.717) is 37.2 Å². The van der Waals surface area contributed by atoms with Gasteiger partial charge in [0.1, 0.15) is 12.0 Å². The topological polar surface area (TPSA) is 129 Å². The minimum Gasteiger partial charge on any atom is -0.491 e. The number of hydrogen-bond donors (Lipinski definition) is 6. The zero-order valence-corrected chi connectivity index (χ0v) is 34.0. The van der Waals surface area contributed by atoms with Crippen molar-refractivity contribution in [3.05, 3.63) is 23.8 Å². The Bertz CT molecular complexity index is 1230. The van der Waals surface area contributed by atoms with Crippen molar-refractivity contribution in [2.24, 2.45) is 5.92 Å². The minimum atomic E-state index is -3.57. The molecule has 10 nitrogen and oxygen atoms in total. The van der Waals surface area contributed by atoms with Gasteiger partial charge in [-0.05, 0) is 122 Å². The van der Waals surface area contributed by atoms with E-state index < -0.39 is 16.1 Å². The summed E-state index contributed by atoms with van der Waals surface area (Å²) in [7, 11) is -3.57. The number of amides is 1. The first-order chi connectivity index (χ1) is 23.6. The summed E-state index contributed by atoms with van der Waals surface area (Å²) in [6.07, 6.45) is 9.70. The summed E-state index contributed by atoms with van der Waals surface area (Å²) in [6, 6.07) is 4.55. The molecule has 0 aliphatic carbocycles. The molecule has 1 aromatic carbocycles. The van der Waals surface area contributed by atoms with Crippen molar-refractivity contribution < 1.29 is 22.7 Å². The lowest BCUT2D eigenvalue weighted by Crippen LogP contribution is -2.41. The summed E-state index contributed by atoms with van der Waals surface area (Å²) in [5.41, 5.74) is 1.27. The van der Waals surface area contributed by atoms with Crippen molar-refractivity contribution in [1.82, 2.24) is 20.3 Å². The average molecular weight is 758 g/mol. The Morgan fingerprint density at radius 3 is 2.46 bits per heavy atom. The van der Waals surface area contributed by atoms with Crippen LogP contribution in [0.25, 0.3) is 0 Å². The molecule has 13 heteroatoms. The van der Waals surface area contributed by atoms with Gasteiger partial charge in [-0.15, -0.1) is 0 Å². The van der Waals surface area contributed by atoms with Gasteiger partial charge in [-0.25, -0.2) is 13.1 Å². The summed E-state index contributed by atoms with van der Waals surface area (Å²) in [5.74, 6) is 1.22. The Kier molecular flexibility index (Phi) is 20.9. The van der Waals surface area contributed by atoms with Gasteiger partial charge in [0.15, 0.2) is 0 Å². The second-order valence-corrected chi connectivity index (χ2v) is 19.5. The molecule has 0 radical (unpaired) electrons. The van der Waals surface area contributed by atoms with E-state index in [2.05, 4.69) is 65.9 Å². The molecule has 288 valence electrons. The Hall–Kier alpha value is -1.35. The van der Waals surface area contributed by atoms with Crippen LogP contribution < -0.4 is 25.4 Å². The first-order valence-corrected chi connectivity index (χ1v) is 21.2. The second kappa shape index (κ2) is 23.3. The number of rotatable bonds is 27. The molecule has 1 atom stereocenters. The first-order valence-electron chi connectivity index (χ1n) is 18.7. The lowest BCUT2D eigenvalue weighted by atomic mass is 9.93. The van der Waals surface area contributed by atoms with Gasteiger partial charge >= 0.3 is 0 Å². The number of anilines is 1.